The van der Waals surface area contributed by atoms with Crippen LogP contribution in [0.3, 0.4) is 0 Å². The van der Waals surface area contributed by atoms with Crippen LogP contribution < -0.4 is 9.64 Å². The van der Waals surface area contributed by atoms with Crippen LogP contribution in [0.2, 0.25) is 0 Å². The maximum absolute atomic E-state index is 14.2. The smallest absolute Gasteiger partial charge is 0.313 e. The topological polar surface area (TPSA) is 85.1 Å². The Morgan fingerprint density at radius 1 is 1.62 bits per heavy atom. The third-order valence-corrected chi connectivity index (χ3v) is 3.46. The number of rotatable bonds is 4. The fourth-order valence-corrected chi connectivity index (χ4v) is 2.32. The Balaban J connectivity index is 2.40. The molecule has 1 N–H and O–H groups in total. The first-order valence-corrected chi connectivity index (χ1v) is 6.49. The van der Waals surface area contributed by atoms with Crippen LogP contribution in [0.1, 0.15) is 6.92 Å². The van der Waals surface area contributed by atoms with Gasteiger partial charge in [-0.15, -0.1) is 0 Å². The van der Waals surface area contributed by atoms with E-state index < -0.39 is 22.5 Å². The molecule has 0 aliphatic carbocycles. The van der Waals surface area contributed by atoms with Crippen molar-refractivity contribution in [3.8, 4) is 5.75 Å². The van der Waals surface area contributed by atoms with Gasteiger partial charge in [0.05, 0.1) is 43.1 Å². The third kappa shape index (κ3) is 3.06. The van der Waals surface area contributed by atoms with Crippen LogP contribution in [0.15, 0.2) is 12.1 Å². The molecule has 2 rings (SSSR count). The molecule has 21 heavy (non-hydrogen) atoms. The fourth-order valence-electron chi connectivity index (χ4n) is 2.32. The highest BCUT2D eigenvalue weighted by atomic mass is 19.1. The van der Waals surface area contributed by atoms with Crippen LogP contribution in [-0.2, 0) is 4.74 Å². The summed E-state index contributed by atoms with van der Waals surface area (Å²) >= 11 is 0. The molecule has 0 amide bonds. The first-order chi connectivity index (χ1) is 9.97. The average molecular weight is 300 g/mol. The van der Waals surface area contributed by atoms with E-state index in [1.807, 2.05) is 6.92 Å². The van der Waals surface area contributed by atoms with Gasteiger partial charge >= 0.3 is 5.69 Å². The quantitative estimate of drug-likeness (QED) is 0.667. The molecule has 7 nitrogen and oxygen atoms in total. The van der Waals surface area contributed by atoms with E-state index in [2.05, 4.69) is 0 Å². The van der Waals surface area contributed by atoms with E-state index in [0.29, 0.717) is 13.2 Å². The van der Waals surface area contributed by atoms with Crippen LogP contribution >= 0.6 is 0 Å². The highest BCUT2D eigenvalue weighted by molar-refractivity contribution is 5.61. The van der Waals surface area contributed by atoms with Crippen molar-refractivity contribution in [2.75, 3.05) is 31.8 Å². The molecule has 0 radical (unpaired) electrons. The second-order valence-electron chi connectivity index (χ2n) is 4.87. The monoisotopic (exact) mass is 300 g/mol. The first kappa shape index (κ1) is 15.5. The van der Waals surface area contributed by atoms with Crippen molar-refractivity contribution in [2.24, 2.45) is 0 Å². The van der Waals surface area contributed by atoms with Gasteiger partial charge in [0.15, 0.2) is 11.6 Å². The van der Waals surface area contributed by atoms with Crippen molar-refractivity contribution in [1.29, 1.82) is 0 Å². The number of methoxy groups -OCH3 is 1. The SMILES string of the molecule is COc1cc(N2CC(CO)OCC2C)c(F)cc1[N+](=O)[O-]. The summed E-state index contributed by atoms with van der Waals surface area (Å²) in [6.45, 7) is 2.31. The molecule has 1 aliphatic heterocycles. The fraction of sp³-hybridized carbons (Fsp3) is 0.538. The van der Waals surface area contributed by atoms with E-state index in [-0.39, 0.29) is 24.1 Å². The first-order valence-electron chi connectivity index (χ1n) is 6.49. The number of morpholine rings is 1. The Morgan fingerprint density at radius 3 is 2.90 bits per heavy atom. The Bertz CT molecular complexity index is 540. The number of anilines is 1. The van der Waals surface area contributed by atoms with E-state index in [4.69, 9.17) is 14.6 Å². The van der Waals surface area contributed by atoms with Crippen molar-refractivity contribution in [2.45, 2.75) is 19.1 Å². The predicted octanol–water partition coefficient (Wildman–Crippen LogP) is 1.33. The Morgan fingerprint density at radius 2 is 2.33 bits per heavy atom. The lowest BCUT2D eigenvalue weighted by Crippen LogP contribution is -2.50. The highest BCUT2D eigenvalue weighted by Crippen LogP contribution is 2.35. The summed E-state index contributed by atoms with van der Waals surface area (Å²) in [5.41, 5.74) is -0.218. The second kappa shape index (κ2) is 6.23. The van der Waals surface area contributed by atoms with Gasteiger partial charge in [-0.05, 0) is 6.92 Å². The Kier molecular flexibility index (Phi) is 4.59. The van der Waals surface area contributed by atoms with Crippen LogP contribution in [0, 0.1) is 15.9 Å². The zero-order valence-corrected chi connectivity index (χ0v) is 11.8. The number of nitrogens with zero attached hydrogens (tertiary/aromatic N) is 2. The largest absolute Gasteiger partial charge is 0.490 e. The summed E-state index contributed by atoms with van der Waals surface area (Å²) in [6, 6.07) is 2.04. The number of aliphatic hydroxyl groups excluding tert-OH is 1. The molecule has 0 bridgehead atoms. The Hall–Kier alpha value is -1.93. The van der Waals surface area contributed by atoms with E-state index in [1.165, 1.54) is 13.2 Å². The zero-order valence-electron chi connectivity index (χ0n) is 11.8. The highest BCUT2D eigenvalue weighted by Gasteiger charge is 2.30. The van der Waals surface area contributed by atoms with Crippen LogP contribution in [0.4, 0.5) is 15.8 Å². The molecule has 1 aliphatic rings. The minimum absolute atomic E-state index is 0.00404. The van der Waals surface area contributed by atoms with Crippen LogP contribution in [0.5, 0.6) is 5.75 Å². The number of benzene rings is 1. The van der Waals surface area contributed by atoms with E-state index >= 15 is 0 Å². The maximum atomic E-state index is 14.2. The molecule has 0 aromatic heterocycles. The Labute approximate surface area is 121 Å². The number of aliphatic hydroxyl groups is 1. The summed E-state index contributed by atoms with van der Waals surface area (Å²) in [6.07, 6.45) is -0.415. The van der Waals surface area contributed by atoms with Crippen molar-refractivity contribution < 1.29 is 23.9 Å². The van der Waals surface area contributed by atoms with E-state index in [1.54, 1.807) is 4.90 Å². The standard InChI is InChI=1S/C13H17FN2O5/c1-8-7-21-9(6-17)5-15(8)11-4-13(20-2)12(16(18)19)3-10(11)14/h3-4,8-9,17H,5-7H2,1-2H3. The molecular weight excluding hydrogens is 283 g/mol. The van der Waals surface area contributed by atoms with Gasteiger partial charge < -0.3 is 19.5 Å². The summed E-state index contributed by atoms with van der Waals surface area (Å²) in [5, 5.41) is 20.0. The van der Waals surface area contributed by atoms with Crippen molar-refractivity contribution in [1.82, 2.24) is 0 Å². The number of ether oxygens (including phenoxy) is 2. The molecule has 0 saturated carbocycles. The van der Waals surface area contributed by atoms with Gasteiger partial charge in [-0.25, -0.2) is 4.39 Å². The van der Waals surface area contributed by atoms with Crippen molar-refractivity contribution >= 4 is 11.4 Å². The maximum Gasteiger partial charge on any atom is 0.313 e. The average Bonchev–Trinajstić information content (AvgIpc) is 2.47. The minimum atomic E-state index is -0.701. The molecule has 8 heteroatoms. The number of hydrogen-bond donors (Lipinski definition) is 1. The molecule has 0 spiro atoms. The van der Waals surface area contributed by atoms with E-state index in [0.717, 1.165) is 6.07 Å². The minimum Gasteiger partial charge on any atom is -0.490 e. The third-order valence-electron chi connectivity index (χ3n) is 3.46. The van der Waals surface area contributed by atoms with Gasteiger partial charge in [0.1, 0.15) is 0 Å². The van der Waals surface area contributed by atoms with Crippen molar-refractivity contribution in [3.63, 3.8) is 0 Å². The lowest BCUT2D eigenvalue weighted by molar-refractivity contribution is -0.385. The summed E-state index contributed by atoms with van der Waals surface area (Å²) in [5.74, 6) is -0.705. The predicted molar refractivity (Wildman–Crippen MR) is 73.2 cm³/mol. The van der Waals surface area contributed by atoms with Crippen LogP contribution in [0.25, 0.3) is 0 Å². The molecule has 1 saturated heterocycles. The van der Waals surface area contributed by atoms with Gasteiger partial charge in [-0.1, -0.05) is 0 Å². The summed E-state index contributed by atoms with van der Waals surface area (Å²) < 4.78 is 24.6. The second-order valence-corrected chi connectivity index (χ2v) is 4.87. The van der Waals surface area contributed by atoms with Gasteiger partial charge in [0.25, 0.3) is 0 Å². The summed E-state index contributed by atoms with van der Waals surface area (Å²) in [7, 11) is 1.29. The molecule has 1 heterocycles. The molecule has 1 aromatic carbocycles. The number of nitro groups is 1. The van der Waals surface area contributed by atoms with Gasteiger partial charge in [-0.2, -0.15) is 0 Å². The number of halogens is 1. The molecule has 1 aromatic rings. The van der Waals surface area contributed by atoms with Crippen molar-refractivity contribution in [3.05, 3.63) is 28.1 Å². The van der Waals surface area contributed by atoms with Gasteiger partial charge in [0.2, 0.25) is 0 Å². The lowest BCUT2D eigenvalue weighted by atomic mass is 10.1. The van der Waals surface area contributed by atoms with Crippen LogP contribution in [-0.4, -0.2) is 49.0 Å². The zero-order chi connectivity index (χ0) is 15.6. The van der Waals surface area contributed by atoms with Gasteiger partial charge in [0, 0.05) is 18.7 Å². The molecular formula is C13H17FN2O5. The molecule has 2 unspecified atom stereocenters. The molecule has 1 fully saturated rings. The number of hydrogen-bond acceptors (Lipinski definition) is 6. The van der Waals surface area contributed by atoms with Gasteiger partial charge in [-0.3, -0.25) is 10.1 Å². The normalized spacial score (nSPS) is 22.2. The molecule has 116 valence electrons. The van der Waals surface area contributed by atoms with E-state index in [9.17, 15) is 14.5 Å². The number of nitro benzene ring substituents is 1. The summed E-state index contributed by atoms with van der Waals surface area (Å²) in [4.78, 5) is 11.9. The molecule has 2 atom stereocenters. The lowest BCUT2D eigenvalue weighted by Gasteiger charge is -2.39.